The van der Waals surface area contributed by atoms with Gasteiger partial charge in [-0.3, -0.25) is 0 Å². The number of hydrogen-bond donors (Lipinski definition) is 1. The summed E-state index contributed by atoms with van der Waals surface area (Å²) in [4.78, 5) is 0. The molecule has 0 bridgehead atoms. The summed E-state index contributed by atoms with van der Waals surface area (Å²) in [7, 11) is 0. The molecule has 1 aliphatic rings. The topological polar surface area (TPSA) is 45.0 Å². The lowest BCUT2D eigenvalue weighted by atomic mass is 9.97. The van der Waals surface area contributed by atoms with E-state index >= 15 is 0 Å². The molecule has 0 spiro atoms. The van der Waals surface area contributed by atoms with Gasteiger partial charge >= 0.3 is 0 Å². The Morgan fingerprint density at radius 2 is 2.19 bits per heavy atom. The van der Waals surface area contributed by atoms with Gasteiger partial charge in [-0.25, -0.2) is 0 Å². The second-order valence-electron chi connectivity index (χ2n) is 3.73. The van der Waals surface area contributed by atoms with Crippen molar-refractivity contribution in [2.45, 2.75) is 19.1 Å². The average Bonchev–Trinajstić information content (AvgIpc) is 2.30. The molecule has 16 heavy (non-hydrogen) atoms. The van der Waals surface area contributed by atoms with Crippen LogP contribution in [0.1, 0.15) is 24.2 Å². The van der Waals surface area contributed by atoms with Crippen LogP contribution in [-0.4, -0.2) is 19.2 Å². The fraction of sp³-hybridized carbons (Fsp3) is 0.417. The van der Waals surface area contributed by atoms with E-state index in [4.69, 9.17) is 10.00 Å². The van der Waals surface area contributed by atoms with Gasteiger partial charge in [0.05, 0.1) is 24.3 Å². The maximum Gasteiger partial charge on any atom is 0.0995 e. The Balaban J connectivity index is 0.00000128. The number of halogens is 1. The third kappa shape index (κ3) is 2.53. The molecule has 86 valence electrons. The first-order valence-corrected chi connectivity index (χ1v) is 5.17. The molecule has 1 heterocycles. The molecule has 0 amide bonds. The predicted molar refractivity (Wildman–Crippen MR) is 64.6 cm³/mol. The molecular formula is C12H15ClN2O. The minimum atomic E-state index is -0.00500. The van der Waals surface area contributed by atoms with E-state index in [-0.39, 0.29) is 24.6 Å². The summed E-state index contributed by atoms with van der Waals surface area (Å²) >= 11 is 0. The van der Waals surface area contributed by atoms with Crippen molar-refractivity contribution in [2.24, 2.45) is 0 Å². The van der Waals surface area contributed by atoms with Crippen LogP contribution < -0.4 is 5.32 Å². The molecule has 1 aromatic carbocycles. The Kier molecular flexibility index (Phi) is 4.75. The van der Waals surface area contributed by atoms with E-state index < -0.39 is 0 Å². The minimum Gasteiger partial charge on any atom is -0.371 e. The number of nitrogens with zero attached hydrogens (tertiary/aromatic N) is 1. The monoisotopic (exact) mass is 238 g/mol. The standard InChI is InChI=1S/C12H14N2O.ClH/c1-9-12(15-7-6-14-9)11-5-3-2-4-10(11)8-13;/h2-5,9,12,14H,6-7H2,1H3;1H. The molecule has 0 saturated carbocycles. The van der Waals surface area contributed by atoms with Crippen LogP contribution in [0, 0.1) is 11.3 Å². The molecule has 0 radical (unpaired) electrons. The highest BCUT2D eigenvalue weighted by Gasteiger charge is 2.25. The van der Waals surface area contributed by atoms with Crippen molar-refractivity contribution in [3.8, 4) is 6.07 Å². The lowest BCUT2D eigenvalue weighted by molar-refractivity contribution is -0.000377. The van der Waals surface area contributed by atoms with E-state index in [1.165, 1.54) is 0 Å². The number of morpholine rings is 1. The molecule has 2 unspecified atom stereocenters. The Morgan fingerprint density at radius 3 is 2.88 bits per heavy atom. The van der Waals surface area contributed by atoms with Crippen molar-refractivity contribution in [3.63, 3.8) is 0 Å². The van der Waals surface area contributed by atoms with Gasteiger partial charge in [-0.05, 0) is 13.0 Å². The summed E-state index contributed by atoms with van der Waals surface area (Å²) in [6.45, 7) is 3.67. The minimum absolute atomic E-state index is 0. The lowest BCUT2D eigenvalue weighted by Gasteiger charge is -2.31. The Labute approximate surface area is 102 Å². The normalized spacial score (nSPS) is 24.2. The average molecular weight is 239 g/mol. The number of nitriles is 1. The summed E-state index contributed by atoms with van der Waals surface area (Å²) in [5.41, 5.74) is 1.69. The quantitative estimate of drug-likeness (QED) is 0.814. The van der Waals surface area contributed by atoms with E-state index in [1.54, 1.807) is 0 Å². The molecule has 1 aromatic rings. The van der Waals surface area contributed by atoms with Crippen molar-refractivity contribution >= 4 is 12.4 Å². The Morgan fingerprint density at radius 1 is 1.44 bits per heavy atom. The molecule has 1 aliphatic heterocycles. The van der Waals surface area contributed by atoms with Gasteiger partial charge in [-0.2, -0.15) is 5.26 Å². The zero-order chi connectivity index (χ0) is 10.7. The number of rotatable bonds is 1. The fourth-order valence-electron chi connectivity index (χ4n) is 1.93. The van der Waals surface area contributed by atoms with Crippen molar-refractivity contribution in [1.82, 2.24) is 5.32 Å². The first kappa shape index (κ1) is 13.0. The van der Waals surface area contributed by atoms with Gasteiger partial charge < -0.3 is 10.1 Å². The van der Waals surface area contributed by atoms with Gasteiger partial charge in [-0.1, -0.05) is 18.2 Å². The van der Waals surface area contributed by atoms with E-state index in [1.807, 2.05) is 24.3 Å². The Bertz CT molecular complexity index is 389. The highest BCUT2D eigenvalue weighted by Crippen LogP contribution is 2.26. The maximum absolute atomic E-state index is 9.01. The number of ether oxygens (including phenoxy) is 1. The van der Waals surface area contributed by atoms with Crippen molar-refractivity contribution in [2.75, 3.05) is 13.2 Å². The van der Waals surface area contributed by atoms with E-state index in [0.29, 0.717) is 12.2 Å². The summed E-state index contributed by atoms with van der Waals surface area (Å²) in [6, 6.07) is 10.1. The van der Waals surface area contributed by atoms with Crippen LogP contribution in [0.25, 0.3) is 0 Å². The van der Waals surface area contributed by atoms with Gasteiger partial charge in [0, 0.05) is 18.2 Å². The van der Waals surface area contributed by atoms with Crippen LogP contribution in [-0.2, 0) is 4.74 Å². The summed E-state index contributed by atoms with van der Waals surface area (Å²) in [6.07, 6.45) is -0.00500. The first-order chi connectivity index (χ1) is 7.33. The van der Waals surface area contributed by atoms with Crippen LogP contribution in [0.15, 0.2) is 24.3 Å². The van der Waals surface area contributed by atoms with Crippen molar-refractivity contribution in [1.29, 1.82) is 5.26 Å². The molecule has 0 aromatic heterocycles. The van der Waals surface area contributed by atoms with Crippen LogP contribution >= 0.6 is 12.4 Å². The summed E-state index contributed by atoms with van der Waals surface area (Å²) in [5, 5.41) is 12.4. The van der Waals surface area contributed by atoms with Gasteiger partial charge in [0.25, 0.3) is 0 Å². The van der Waals surface area contributed by atoms with E-state index in [0.717, 1.165) is 12.1 Å². The molecule has 0 aliphatic carbocycles. The summed E-state index contributed by atoms with van der Waals surface area (Å²) < 4.78 is 5.71. The van der Waals surface area contributed by atoms with Crippen LogP contribution in [0.2, 0.25) is 0 Å². The highest BCUT2D eigenvalue weighted by molar-refractivity contribution is 5.85. The lowest BCUT2D eigenvalue weighted by Crippen LogP contribution is -2.41. The van der Waals surface area contributed by atoms with Crippen molar-refractivity contribution in [3.05, 3.63) is 35.4 Å². The molecular weight excluding hydrogens is 224 g/mol. The van der Waals surface area contributed by atoms with Crippen LogP contribution in [0.3, 0.4) is 0 Å². The van der Waals surface area contributed by atoms with Gasteiger partial charge in [-0.15, -0.1) is 12.4 Å². The first-order valence-electron chi connectivity index (χ1n) is 5.17. The second kappa shape index (κ2) is 5.86. The van der Waals surface area contributed by atoms with E-state index in [2.05, 4.69) is 18.3 Å². The Hall–Kier alpha value is -1.08. The molecule has 2 rings (SSSR count). The smallest absolute Gasteiger partial charge is 0.0995 e. The van der Waals surface area contributed by atoms with E-state index in [9.17, 15) is 0 Å². The molecule has 4 heteroatoms. The third-order valence-corrected chi connectivity index (χ3v) is 2.71. The zero-order valence-corrected chi connectivity index (χ0v) is 9.96. The summed E-state index contributed by atoms with van der Waals surface area (Å²) in [5.74, 6) is 0. The van der Waals surface area contributed by atoms with Gasteiger partial charge in [0.1, 0.15) is 0 Å². The van der Waals surface area contributed by atoms with Crippen molar-refractivity contribution < 1.29 is 4.74 Å². The van der Waals surface area contributed by atoms with Gasteiger partial charge in [0.2, 0.25) is 0 Å². The van der Waals surface area contributed by atoms with Crippen LogP contribution in [0.5, 0.6) is 0 Å². The van der Waals surface area contributed by atoms with Crippen LogP contribution in [0.4, 0.5) is 0 Å². The molecule has 1 fully saturated rings. The maximum atomic E-state index is 9.01. The van der Waals surface area contributed by atoms with Gasteiger partial charge in [0.15, 0.2) is 0 Å². The number of benzene rings is 1. The number of nitrogens with one attached hydrogen (secondary N) is 1. The second-order valence-corrected chi connectivity index (χ2v) is 3.73. The number of hydrogen-bond acceptors (Lipinski definition) is 3. The zero-order valence-electron chi connectivity index (χ0n) is 9.14. The highest BCUT2D eigenvalue weighted by atomic mass is 35.5. The molecule has 1 saturated heterocycles. The SMILES string of the molecule is CC1NCCOC1c1ccccc1C#N.Cl. The molecule has 3 nitrogen and oxygen atoms in total. The fourth-order valence-corrected chi connectivity index (χ4v) is 1.93. The predicted octanol–water partition coefficient (Wildman–Crippen LogP) is 2.03. The molecule has 1 N–H and O–H groups in total. The molecule has 2 atom stereocenters. The largest absolute Gasteiger partial charge is 0.371 e. The third-order valence-electron chi connectivity index (χ3n) is 2.71.